The molecule has 11 heteroatoms. The molecule has 0 aliphatic heterocycles. The minimum atomic E-state index is -4.49. The molecule has 28 heavy (non-hydrogen) atoms. The van der Waals surface area contributed by atoms with E-state index in [4.69, 9.17) is 0 Å². The summed E-state index contributed by atoms with van der Waals surface area (Å²) >= 11 is 0. The van der Waals surface area contributed by atoms with Gasteiger partial charge in [0.05, 0.1) is 5.69 Å². The highest BCUT2D eigenvalue weighted by atomic mass is 32.2. The lowest BCUT2D eigenvalue weighted by Crippen LogP contribution is -2.30. The van der Waals surface area contributed by atoms with E-state index < -0.39 is 21.9 Å². The molecule has 0 saturated heterocycles. The van der Waals surface area contributed by atoms with Crippen molar-refractivity contribution >= 4 is 10.0 Å². The molecule has 1 fully saturated rings. The topological polar surface area (TPSA) is 81.8 Å². The van der Waals surface area contributed by atoms with Crippen LogP contribution in [0.3, 0.4) is 0 Å². The zero-order valence-corrected chi connectivity index (χ0v) is 16.8. The number of nitrogens with one attached hydrogen (secondary N) is 1. The van der Waals surface area contributed by atoms with Crippen molar-refractivity contribution in [3.63, 3.8) is 0 Å². The molecule has 0 radical (unpaired) electrons. The predicted molar refractivity (Wildman–Crippen MR) is 96.2 cm³/mol. The SMILES string of the molecule is CCn1cc(S(=O)(=O)NC[C@@H](C)Cn2nc(C(F)(F)F)cc2C2CC2)c(C)n1. The summed E-state index contributed by atoms with van der Waals surface area (Å²) < 4.78 is 69.5. The van der Waals surface area contributed by atoms with Crippen LogP contribution in [0, 0.1) is 12.8 Å². The highest BCUT2D eigenvalue weighted by molar-refractivity contribution is 7.89. The second-order valence-corrected chi connectivity index (χ2v) is 9.04. The molecule has 1 aliphatic rings. The first-order valence-electron chi connectivity index (χ1n) is 9.20. The summed E-state index contributed by atoms with van der Waals surface area (Å²) in [6, 6.07) is 1.11. The van der Waals surface area contributed by atoms with Crippen molar-refractivity contribution < 1.29 is 21.6 Å². The van der Waals surface area contributed by atoms with E-state index in [9.17, 15) is 21.6 Å². The number of hydrogen-bond acceptors (Lipinski definition) is 4. The Labute approximate surface area is 162 Å². The van der Waals surface area contributed by atoms with Crippen LogP contribution in [0.2, 0.25) is 0 Å². The number of alkyl halides is 3. The van der Waals surface area contributed by atoms with Crippen LogP contribution in [-0.4, -0.2) is 34.5 Å². The summed E-state index contributed by atoms with van der Waals surface area (Å²) in [5.74, 6) is -0.134. The van der Waals surface area contributed by atoms with E-state index in [1.807, 2.05) is 6.92 Å². The fourth-order valence-corrected chi connectivity index (χ4v) is 4.39. The van der Waals surface area contributed by atoms with Crippen molar-refractivity contribution in [1.82, 2.24) is 24.3 Å². The second kappa shape index (κ2) is 7.51. The standard InChI is InChI=1S/C17H24F3N5O2S/c1-4-24-10-15(12(3)22-24)28(26,27)21-8-11(2)9-25-14(13-5-6-13)7-16(23-25)17(18,19)20/h7,10-11,13,21H,4-6,8-9H2,1-3H3/t11-/m1/s1. The van der Waals surface area contributed by atoms with Crippen LogP contribution in [0.15, 0.2) is 17.2 Å². The number of rotatable bonds is 8. The summed E-state index contributed by atoms with van der Waals surface area (Å²) in [4.78, 5) is 0.110. The molecule has 0 amide bonds. The second-order valence-electron chi connectivity index (χ2n) is 7.30. The highest BCUT2D eigenvalue weighted by Crippen LogP contribution is 2.42. The summed E-state index contributed by atoms with van der Waals surface area (Å²) in [5, 5.41) is 7.85. The van der Waals surface area contributed by atoms with Gasteiger partial charge in [-0.1, -0.05) is 6.92 Å². The molecule has 0 unspecified atom stereocenters. The Morgan fingerprint density at radius 1 is 1.32 bits per heavy atom. The normalized spacial score (nSPS) is 16.5. The maximum atomic E-state index is 13.0. The van der Waals surface area contributed by atoms with Gasteiger partial charge in [-0.3, -0.25) is 9.36 Å². The number of hydrogen-bond donors (Lipinski definition) is 1. The van der Waals surface area contributed by atoms with E-state index in [1.165, 1.54) is 15.6 Å². The van der Waals surface area contributed by atoms with E-state index in [2.05, 4.69) is 14.9 Å². The van der Waals surface area contributed by atoms with E-state index in [1.54, 1.807) is 13.8 Å². The van der Waals surface area contributed by atoms with Gasteiger partial charge in [-0.15, -0.1) is 0 Å². The lowest BCUT2D eigenvalue weighted by Gasteiger charge is -2.15. The van der Waals surface area contributed by atoms with Crippen LogP contribution in [0.5, 0.6) is 0 Å². The largest absolute Gasteiger partial charge is 0.435 e. The molecule has 1 N–H and O–H groups in total. The third-order valence-corrected chi connectivity index (χ3v) is 6.24. The monoisotopic (exact) mass is 419 g/mol. The molecule has 1 saturated carbocycles. The van der Waals surface area contributed by atoms with Gasteiger partial charge in [0.2, 0.25) is 10.0 Å². The quantitative estimate of drug-likeness (QED) is 0.713. The Morgan fingerprint density at radius 3 is 2.54 bits per heavy atom. The van der Waals surface area contributed by atoms with Crippen LogP contribution in [-0.2, 0) is 29.3 Å². The van der Waals surface area contributed by atoms with E-state index >= 15 is 0 Å². The minimum absolute atomic E-state index is 0.0877. The molecule has 3 rings (SSSR count). The van der Waals surface area contributed by atoms with Gasteiger partial charge >= 0.3 is 6.18 Å². The Hall–Kier alpha value is -1.88. The number of halogens is 3. The fourth-order valence-electron chi connectivity index (χ4n) is 3.04. The van der Waals surface area contributed by atoms with Gasteiger partial charge in [-0.2, -0.15) is 23.4 Å². The lowest BCUT2D eigenvalue weighted by molar-refractivity contribution is -0.141. The smallest absolute Gasteiger partial charge is 0.271 e. The average Bonchev–Trinajstić information content (AvgIpc) is 3.23. The Morgan fingerprint density at radius 2 is 2.00 bits per heavy atom. The molecule has 1 atom stereocenters. The van der Waals surface area contributed by atoms with Gasteiger partial charge < -0.3 is 0 Å². The van der Waals surface area contributed by atoms with Crippen molar-refractivity contribution in [2.24, 2.45) is 5.92 Å². The van der Waals surface area contributed by atoms with Gasteiger partial charge in [0.1, 0.15) is 4.90 Å². The number of aryl methyl sites for hydroxylation is 2. The molecular formula is C17H24F3N5O2S. The summed E-state index contributed by atoms with van der Waals surface area (Å²) in [7, 11) is -3.74. The third kappa shape index (κ3) is 4.57. The predicted octanol–water partition coefficient (Wildman–Crippen LogP) is 2.92. The molecule has 2 heterocycles. The molecule has 0 spiro atoms. The third-order valence-electron chi connectivity index (χ3n) is 4.72. The van der Waals surface area contributed by atoms with Crippen molar-refractivity contribution in [2.45, 2.75) is 63.7 Å². The molecule has 2 aromatic heterocycles. The molecule has 0 aromatic carbocycles. The molecule has 156 valence electrons. The highest BCUT2D eigenvalue weighted by Gasteiger charge is 2.38. The molecule has 2 aromatic rings. The number of aromatic nitrogens is 4. The van der Waals surface area contributed by atoms with E-state index in [0.717, 1.165) is 18.9 Å². The number of nitrogens with zero attached hydrogens (tertiary/aromatic N) is 4. The maximum absolute atomic E-state index is 13.0. The first-order chi connectivity index (χ1) is 13.0. The van der Waals surface area contributed by atoms with E-state index in [0.29, 0.717) is 17.9 Å². The average molecular weight is 419 g/mol. The molecule has 7 nitrogen and oxygen atoms in total. The zero-order valence-electron chi connectivity index (χ0n) is 16.0. The van der Waals surface area contributed by atoms with Gasteiger partial charge in [0, 0.05) is 37.4 Å². The summed E-state index contributed by atoms with van der Waals surface area (Å²) in [6.45, 7) is 6.10. The van der Waals surface area contributed by atoms with Crippen molar-refractivity contribution in [3.8, 4) is 0 Å². The van der Waals surface area contributed by atoms with Gasteiger partial charge in [-0.05, 0) is 38.7 Å². The molecular weight excluding hydrogens is 395 g/mol. The first-order valence-corrected chi connectivity index (χ1v) is 10.7. The first kappa shape index (κ1) is 20.8. The van der Waals surface area contributed by atoms with Crippen LogP contribution >= 0.6 is 0 Å². The van der Waals surface area contributed by atoms with Crippen LogP contribution in [0.4, 0.5) is 13.2 Å². The molecule has 0 bridgehead atoms. The summed E-state index contributed by atoms with van der Waals surface area (Å²) in [6.07, 6.45) is -1.32. The Kier molecular flexibility index (Phi) is 5.59. The van der Waals surface area contributed by atoms with Crippen molar-refractivity contribution in [3.05, 3.63) is 29.3 Å². The molecule has 1 aliphatic carbocycles. The van der Waals surface area contributed by atoms with Crippen LogP contribution < -0.4 is 4.72 Å². The van der Waals surface area contributed by atoms with Crippen LogP contribution in [0.1, 0.15) is 49.7 Å². The Bertz CT molecular complexity index is 945. The minimum Gasteiger partial charge on any atom is -0.271 e. The van der Waals surface area contributed by atoms with Crippen molar-refractivity contribution in [1.29, 1.82) is 0 Å². The number of sulfonamides is 1. The van der Waals surface area contributed by atoms with Crippen molar-refractivity contribution in [2.75, 3.05) is 6.54 Å². The van der Waals surface area contributed by atoms with E-state index in [-0.39, 0.29) is 29.8 Å². The maximum Gasteiger partial charge on any atom is 0.435 e. The fraction of sp³-hybridized carbons (Fsp3) is 0.647. The van der Waals surface area contributed by atoms with Crippen LogP contribution in [0.25, 0.3) is 0 Å². The van der Waals surface area contributed by atoms with Gasteiger partial charge in [0.15, 0.2) is 5.69 Å². The summed E-state index contributed by atoms with van der Waals surface area (Å²) in [5.41, 5.74) is 0.0757. The Balaban J connectivity index is 1.68. The van der Waals surface area contributed by atoms with Gasteiger partial charge in [0.25, 0.3) is 0 Å². The zero-order chi connectivity index (χ0) is 20.7. The van der Waals surface area contributed by atoms with Gasteiger partial charge in [-0.25, -0.2) is 13.1 Å². The lowest BCUT2D eigenvalue weighted by atomic mass is 10.2.